The second kappa shape index (κ2) is 6.60. The highest BCUT2D eigenvalue weighted by Crippen LogP contribution is 2.48. The normalized spacial score (nSPS) is 23.0. The molecule has 2 aromatic rings. The Hall–Kier alpha value is -2.81. The summed E-state index contributed by atoms with van der Waals surface area (Å²) in [4.78, 5) is 18.6. The van der Waals surface area contributed by atoms with Crippen LogP contribution >= 0.6 is 0 Å². The molecular weight excluding hydrogens is 393 g/mol. The van der Waals surface area contributed by atoms with E-state index in [2.05, 4.69) is 9.88 Å². The number of rotatable bonds is 3. The maximum Gasteiger partial charge on any atom is 0.352 e. The van der Waals surface area contributed by atoms with Gasteiger partial charge in [0.25, 0.3) is 0 Å². The third-order valence-electron chi connectivity index (χ3n) is 6.28. The van der Waals surface area contributed by atoms with Crippen molar-refractivity contribution in [1.82, 2.24) is 9.55 Å². The highest BCUT2D eigenvalue weighted by Gasteiger charge is 2.47. The number of benzene rings is 1. The standard InChI is InChI=1S/C21H22FN3O5/c22-15-7-13(8-16-19(15)30-21(1-2-21)3-5-28-16)11-29-17-9-18-24-4-6-27-12-14(24)10-25(18)20(26)23-17/h7-9,14H,1-6,10-12H2. The Kier molecular flexibility index (Phi) is 3.96. The van der Waals surface area contributed by atoms with Gasteiger partial charge in [-0.1, -0.05) is 0 Å². The predicted octanol–water partition coefficient (Wildman–Crippen LogP) is 1.87. The number of hydrogen-bond acceptors (Lipinski definition) is 7. The Morgan fingerprint density at radius 2 is 2.13 bits per heavy atom. The van der Waals surface area contributed by atoms with E-state index in [9.17, 15) is 9.18 Å². The SMILES string of the molecule is O=c1nc(OCc2cc(F)c3c(c2)OCCC2(CC2)O3)cc2n1CC1COCCN21. The fourth-order valence-corrected chi connectivity index (χ4v) is 4.45. The lowest BCUT2D eigenvalue weighted by atomic mass is 10.2. The molecule has 3 aliphatic heterocycles. The molecule has 0 bridgehead atoms. The molecule has 158 valence electrons. The van der Waals surface area contributed by atoms with Crippen molar-refractivity contribution in [2.24, 2.45) is 0 Å². The quantitative estimate of drug-likeness (QED) is 0.758. The van der Waals surface area contributed by atoms with Crippen LogP contribution in [0.3, 0.4) is 0 Å². The molecule has 1 unspecified atom stereocenters. The van der Waals surface area contributed by atoms with Crippen LogP contribution in [0.4, 0.5) is 10.2 Å². The fourth-order valence-electron chi connectivity index (χ4n) is 4.45. The average molecular weight is 415 g/mol. The van der Waals surface area contributed by atoms with Gasteiger partial charge >= 0.3 is 5.69 Å². The number of anilines is 1. The van der Waals surface area contributed by atoms with Gasteiger partial charge in [-0.05, 0) is 30.5 Å². The molecule has 6 rings (SSSR count). The third kappa shape index (κ3) is 2.99. The van der Waals surface area contributed by atoms with Crippen molar-refractivity contribution in [3.05, 3.63) is 40.1 Å². The number of fused-ring (bicyclic) bond motifs is 4. The molecule has 1 aliphatic carbocycles. The molecule has 0 N–H and O–H groups in total. The smallest absolute Gasteiger partial charge is 0.352 e. The number of hydrogen-bond donors (Lipinski definition) is 0. The Balaban J connectivity index is 1.23. The van der Waals surface area contributed by atoms with Gasteiger partial charge in [0, 0.05) is 19.0 Å². The molecule has 30 heavy (non-hydrogen) atoms. The van der Waals surface area contributed by atoms with Gasteiger partial charge in [0.15, 0.2) is 17.3 Å². The van der Waals surface area contributed by atoms with Crippen molar-refractivity contribution in [2.45, 2.75) is 44.1 Å². The molecule has 0 amide bonds. The minimum Gasteiger partial charge on any atom is -0.489 e. The van der Waals surface area contributed by atoms with Crippen molar-refractivity contribution in [3.8, 4) is 17.4 Å². The summed E-state index contributed by atoms with van der Waals surface area (Å²) in [6.45, 7) is 3.08. The summed E-state index contributed by atoms with van der Waals surface area (Å²) >= 11 is 0. The zero-order valence-electron chi connectivity index (χ0n) is 16.4. The van der Waals surface area contributed by atoms with E-state index >= 15 is 0 Å². The highest BCUT2D eigenvalue weighted by atomic mass is 19.1. The van der Waals surface area contributed by atoms with Crippen LogP contribution < -0.4 is 24.8 Å². The minimum atomic E-state index is -0.461. The second-order valence-electron chi connectivity index (χ2n) is 8.35. The summed E-state index contributed by atoms with van der Waals surface area (Å²) in [5, 5.41) is 0. The number of halogens is 1. The van der Waals surface area contributed by atoms with Crippen LogP contribution in [0.15, 0.2) is 23.0 Å². The van der Waals surface area contributed by atoms with Crippen LogP contribution in [-0.4, -0.2) is 47.6 Å². The first-order valence-electron chi connectivity index (χ1n) is 10.3. The van der Waals surface area contributed by atoms with Crippen LogP contribution in [0.25, 0.3) is 0 Å². The van der Waals surface area contributed by atoms with E-state index in [0.29, 0.717) is 37.7 Å². The molecule has 1 saturated heterocycles. The topological polar surface area (TPSA) is 75.0 Å². The first kappa shape index (κ1) is 18.0. The van der Waals surface area contributed by atoms with Crippen LogP contribution in [0.2, 0.25) is 0 Å². The van der Waals surface area contributed by atoms with Crippen LogP contribution in [0.5, 0.6) is 17.4 Å². The van der Waals surface area contributed by atoms with Crippen molar-refractivity contribution in [3.63, 3.8) is 0 Å². The summed E-state index contributed by atoms with van der Waals surface area (Å²) in [5.74, 6) is 1.13. The van der Waals surface area contributed by atoms with Crippen molar-refractivity contribution >= 4 is 5.82 Å². The average Bonchev–Trinajstić information content (AvgIpc) is 3.44. The lowest BCUT2D eigenvalue weighted by Gasteiger charge is -2.30. The van der Waals surface area contributed by atoms with Gasteiger partial charge in [0.2, 0.25) is 5.88 Å². The van der Waals surface area contributed by atoms with Gasteiger partial charge in [0.05, 0.1) is 32.4 Å². The lowest BCUT2D eigenvalue weighted by Crippen LogP contribution is -2.43. The van der Waals surface area contributed by atoms with Gasteiger partial charge in [-0.25, -0.2) is 9.18 Å². The monoisotopic (exact) mass is 415 g/mol. The summed E-state index contributed by atoms with van der Waals surface area (Å²) in [6.07, 6.45) is 2.63. The Morgan fingerprint density at radius 1 is 1.23 bits per heavy atom. The van der Waals surface area contributed by atoms with E-state index in [1.807, 2.05) is 0 Å². The van der Waals surface area contributed by atoms with Crippen LogP contribution in [0, 0.1) is 5.82 Å². The molecule has 1 spiro atoms. The molecule has 2 fully saturated rings. The molecule has 1 atom stereocenters. The number of morpholine rings is 1. The molecule has 4 aliphatic rings. The van der Waals surface area contributed by atoms with Gasteiger partial charge < -0.3 is 23.8 Å². The molecule has 1 saturated carbocycles. The van der Waals surface area contributed by atoms with Gasteiger partial charge in [-0.3, -0.25) is 4.57 Å². The number of nitrogens with zero attached hydrogens (tertiary/aromatic N) is 3. The van der Waals surface area contributed by atoms with E-state index in [-0.39, 0.29) is 35.6 Å². The Morgan fingerprint density at radius 3 is 3.00 bits per heavy atom. The lowest BCUT2D eigenvalue weighted by molar-refractivity contribution is 0.0956. The molecule has 1 aromatic heterocycles. The first-order chi connectivity index (χ1) is 14.6. The van der Waals surface area contributed by atoms with Crippen molar-refractivity contribution < 1.29 is 23.3 Å². The summed E-state index contributed by atoms with van der Waals surface area (Å²) in [7, 11) is 0. The van der Waals surface area contributed by atoms with Gasteiger partial charge in [0.1, 0.15) is 18.0 Å². The van der Waals surface area contributed by atoms with E-state index in [1.54, 1.807) is 16.7 Å². The predicted molar refractivity (Wildman–Crippen MR) is 104 cm³/mol. The number of ether oxygens (including phenoxy) is 4. The fraction of sp³-hybridized carbons (Fsp3) is 0.524. The van der Waals surface area contributed by atoms with E-state index in [0.717, 1.165) is 31.6 Å². The molecule has 1 aromatic carbocycles. The summed E-state index contributed by atoms with van der Waals surface area (Å²) < 4.78 is 39.2. The minimum absolute atomic E-state index is 0.0706. The second-order valence-corrected chi connectivity index (χ2v) is 8.35. The summed E-state index contributed by atoms with van der Waals surface area (Å²) in [5.41, 5.74) is -0.0115. The van der Waals surface area contributed by atoms with Crippen LogP contribution in [-0.2, 0) is 17.9 Å². The molecule has 4 heterocycles. The third-order valence-corrected chi connectivity index (χ3v) is 6.28. The Labute approximate surface area is 172 Å². The maximum absolute atomic E-state index is 14.7. The van der Waals surface area contributed by atoms with E-state index in [4.69, 9.17) is 18.9 Å². The van der Waals surface area contributed by atoms with Crippen molar-refractivity contribution in [1.29, 1.82) is 0 Å². The van der Waals surface area contributed by atoms with Crippen LogP contribution in [0.1, 0.15) is 24.8 Å². The van der Waals surface area contributed by atoms with E-state index in [1.165, 1.54) is 6.07 Å². The highest BCUT2D eigenvalue weighted by molar-refractivity contribution is 5.48. The first-order valence-corrected chi connectivity index (χ1v) is 10.3. The number of aromatic nitrogens is 2. The zero-order valence-corrected chi connectivity index (χ0v) is 16.4. The molecule has 9 heteroatoms. The largest absolute Gasteiger partial charge is 0.489 e. The molecule has 0 radical (unpaired) electrons. The maximum atomic E-state index is 14.7. The van der Waals surface area contributed by atoms with E-state index < -0.39 is 5.82 Å². The van der Waals surface area contributed by atoms with Crippen molar-refractivity contribution in [2.75, 3.05) is 31.3 Å². The molecular formula is C21H22FN3O5. The van der Waals surface area contributed by atoms with Gasteiger partial charge in [-0.15, -0.1) is 0 Å². The Bertz CT molecular complexity index is 1070. The summed E-state index contributed by atoms with van der Waals surface area (Å²) in [6, 6.07) is 5.04. The van der Waals surface area contributed by atoms with Gasteiger partial charge in [-0.2, -0.15) is 4.98 Å². The zero-order chi connectivity index (χ0) is 20.3. The molecule has 8 nitrogen and oxygen atoms in total.